The number of carbonyl (C=O) groups is 1. The Bertz CT molecular complexity index is 1220. The lowest BCUT2D eigenvalue weighted by molar-refractivity contribution is -0.161. The maximum atomic E-state index is 13.6. The highest BCUT2D eigenvalue weighted by molar-refractivity contribution is 5.94. The molecule has 0 saturated heterocycles. The number of nitrogens with zero attached hydrogens (tertiary/aromatic N) is 1. The van der Waals surface area contributed by atoms with Crippen LogP contribution in [0, 0.1) is 0 Å². The second-order valence-corrected chi connectivity index (χ2v) is 9.11. The van der Waals surface area contributed by atoms with Gasteiger partial charge in [-0.15, -0.1) is 0 Å². The highest BCUT2D eigenvalue weighted by Gasteiger charge is 2.45. The fourth-order valence-electron chi connectivity index (χ4n) is 4.71. The minimum absolute atomic E-state index is 0.0540. The summed E-state index contributed by atoms with van der Waals surface area (Å²) in [5.41, 5.74) is 1.46. The molecule has 0 aromatic heterocycles. The van der Waals surface area contributed by atoms with Crippen LogP contribution < -0.4 is 9.64 Å². The molecular weight excluding hydrogens is 470 g/mol. The van der Waals surface area contributed by atoms with Crippen molar-refractivity contribution in [3.8, 4) is 11.5 Å². The van der Waals surface area contributed by atoms with Gasteiger partial charge in [-0.1, -0.05) is 55.5 Å². The predicted octanol–water partition coefficient (Wildman–Crippen LogP) is 5.22. The van der Waals surface area contributed by atoms with Gasteiger partial charge in [-0.3, -0.25) is 0 Å². The number of phenolic OH excluding ortho intramolecular Hbond substituents is 1. The van der Waals surface area contributed by atoms with Gasteiger partial charge in [0.15, 0.2) is 5.70 Å². The first-order chi connectivity index (χ1) is 18.0. The van der Waals surface area contributed by atoms with Gasteiger partial charge < -0.3 is 29.7 Å². The molecule has 0 saturated carbocycles. The summed E-state index contributed by atoms with van der Waals surface area (Å²) in [5, 5.41) is 30.4. The molecule has 0 radical (unpaired) electrons. The Labute approximate surface area is 217 Å². The zero-order chi connectivity index (χ0) is 26.3. The van der Waals surface area contributed by atoms with Crippen LogP contribution in [-0.2, 0) is 21.6 Å². The first kappa shape index (κ1) is 26.1. The van der Waals surface area contributed by atoms with Gasteiger partial charge in [0, 0.05) is 18.3 Å². The Kier molecular flexibility index (Phi) is 8.36. The number of phenols is 1. The lowest BCUT2D eigenvalue weighted by atomic mass is 9.82. The number of aromatic hydroxyl groups is 1. The Balaban J connectivity index is 1.71. The van der Waals surface area contributed by atoms with Crippen LogP contribution in [0.25, 0.3) is 0 Å². The van der Waals surface area contributed by atoms with E-state index in [1.54, 1.807) is 41.3 Å². The molecule has 7 nitrogen and oxygen atoms in total. The van der Waals surface area contributed by atoms with Gasteiger partial charge >= 0.3 is 5.97 Å². The number of anilines is 1. The molecule has 0 aliphatic carbocycles. The standard InChI is InChI=1S/C30H33NO6/c1-2-17-31(24-9-6-10-25(33)20-24)28-27(34)21-30(37-29(28)35,16-15-22-7-4-3-5-8-22)23-11-13-26(14-12-23)36-19-18-32/h3-14,20,32-34H,2,15-19,21H2,1H3. The van der Waals surface area contributed by atoms with Gasteiger partial charge in [-0.05, 0) is 54.7 Å². The summed E-state index contributed by atoms with van der Waals surface area (Å²) in [4.78, 5) is 15.3. The van der Waals surface area contributed by atoms with E-state index in [1.807, 2.05) is 49.4 Å². The van der Waals surface area contributed by atoms with E-state index in [1.165, 1.54) is 0 Å². The van der Waals surface area contributed by atoms with Crippen molar-refractivity contribution in [1.29, 1.82) is 0 Å². The summed E-state index contributed by atoms with van der Waals surface area (Å²) in [6, 6.07) is 23.8. The Morgan fingerprint density at radius 3 is 2.41 bits per heavy atom. The van der Waals surface area contributed by atoms with E-state index in [0.717, 1.165) is 11.1 Å². The molecule has 37 heavy (non-hydrogen) atoms. The van der Waals surface area contributed by atoms with Crippen molar-refractivity contribution < 1.29 is 29.6 Å². The second-order valence-electron chi connectivity index (χ2n) is 9.11. The molecule has 0 amide bonds. The number of aliphatic hydroxyl groups is 2. The summed E-state index contributed by atoms with van der Waals surface area (Å²) in [6.45, 7) is 2.54. The van der Waals surface area contributed by atoms with Gasteiger partial charge in [0.2, 0.25) is 0 Å². The molecule has 3 N–H and O–H groups in total. The smallest absolute Gasteiger partial charge is 0.359 e. The molecule has 0 spiro atoms. The molecule has 1 heterocycles. The molecule has 3 aromatic carbocycles. The van der Waals surface area contributed by atoms with Crippen molar-refractivity contribution in [2.75, 3.05) is 24.7 Å². The molecule has 194 valence electrons. The predicted molar refractivity (Wildman–Crippen MR) is 142 cm³/mol. The number of hydrogen-bond donors (Lipinski definition) is 3. The van der Waals surface area contributed by atoms with E-state index in [0.29, 0.717) is 37.2 Å². The second kappa shape index (κ2) is 11.8. The molecule has 3 aromatic rings. The first-order valence-electron chi connectivity index (χ1n) is 12.6. The SMILES string of the molecule is CCCN(C1=C(O)CC(CCc2ccccc2)(c2ccc(OCCO)cc2)OC1=O)c1cccc(O)c1. The first-order valence-corrected chi connectivity index (χ1v) is 12.6. The van der Waals surface area contributed by atoms with Crippen molar-refractivity contribution >= 4 is 11.7 Å². The van der Waals surface area contributed by atoms with Crippen LogP contribution in [0.5, 0.6) is 11.5 Å². The van der Waals surface area contributed by atoms with Crippen molar-refractivity contribution in [3.63, 3.8) is 0 Å². The molecule has 0 fully saturated rings. The highest BCUT2D eigenvalue weighted by atomic mass is 16.6. The highest BCUT2D eigenvalue weighted by Crippen LogP contribution is 2.43. The third-order valence-electron chi connectivity index (χ3n) is 6.47. The van der Waals surface area contributed by atoms with E-state index >= 15 is 0 Å². The number of aliphatic hydroxyl groups excluding tert-OH is 2. The van der Waals surface area contributed by atoms with E-state index in [2.05, 4.69) is 0 Å². The topological polar surface area (TPSA) is 99.5 Å². The number of benzene rings is 3. The van der Waals surface area contributed by atoms with Crippen LogP contribution in [0.15, 0.2) is 90.3 Å². The Morgan fingerprint density at radius 2 is 1.76 bits per heavy atom. The molecule has 1 aliphatic heterocycles. The van der Waals surface area contributed by atoms with Gasteiger partial charge in [0.1, 0.15) is 29.5 Å². The zero-order valence-corrected chi connectivity index (χ0v) is 21.0. The van der Waals surface area contributed by atoms with E-state index in [4.69, 9.17) is 14.6 Å². The van der Waals surface area contributed by atoms with Crippen molar-refractivity contribution in [2.24, 2.45) is 0 Å². The Hall–Kier alpha value is -3.97. The van der Waals surface area contributed by atoms with Crippen molar-refractivity contribution in [1.82, 2.24) is 0 Å². The van der Waals surface area contributed by atoms with Crippen LogP contribution in [-0.4, -0.2) is 41.0 Å². The number of hydrogen-bond acceptors (Lipinski definition) is 7. The fraction of sp³-hybridized carbons (Fsp3) is 0.300. The molecule has 0 bridgehead atoms. The van der Waals surface area contributed by atoms with Crippen LogP contribution >= 0.6 is 0 Å². The average molecular weight is 504 g/mol. The molecule has 7 heteroatoms. The van der Waals surface area contributed by atoms with Crippen molar-refractivity contribution in [3.05, 3.63) is 101 Å². The monoisotopic (exact) mass is 503 g/mol. The molecule has 1 atom stereocenters. The number of esters is 1. The van der Waals surface area contributed by atoms with E-state index in [-0.39, 0.29) is 36.8 Å². The zero-order valence-electron chi connectivity index (χ0n) is 21.0. The summed E-state index contributed by atoms with van der Waals surface area (Å²) in [6.07, 6.45) is 1.94. The summed E-state index contributed by atoms with van der Waals surface area (Å²) < 4.78 is 11.7. The van der Waals surface area contributed by atoms with E-state index in [9.17, 15) is 15.0 Å². The van der Waals surface area contributed by atoms with Crippen molar-refractivity contribution in [2.45, 2.75) is 38.2 Å². The normalized spacial score (nSPS) is 17.4. The molecular formula is C30H33NO6. The quantitative estimate of drug-likeness (QED) is 0.308. The van der Waals surface area contributed by atoms with Crippen LogP contribution in [0.1, 0.15) is 37.3 Å². The van der Waals surface area contributed by atoms with Crippen LogP contribution in [0.2, 0.25) is 0 Å². The van der Waals surface area contributed by atoms with Crippen LogP contribution in [0.3, 0.4) is 0 Å². The van der Waals surface area contributed by atoms with Gasteiger partial charge in [0.05, 0.1) is 13.0 Å². The lowest BCUT2D eigenvalue weighted by Gasteiger charge is -2.40. The third-order valence-corrected chi connectivity index (χ3v) is 6.47. The maximum absolute atomic E-state index is 13.6. The largest absolute Gasteiger partial charge is 0.510 e. The maximum Gasteiger partial charge on any atom is 0.359 e. The minimum atomic E-state index is -1.08. The summed E-state index contributed by atoms with van der Waals surface area (Å²) in [7, 11) is 0. The number of ether oxygens (including phenoxy) is 2. The number of aryl methyl sites for hydroxylation is 1. The molecule has 1 unspecified atom stereocenters. The molecule has 1 aliphatic rings. The van der Waals surface area contributed by atoms with Crippen LogP contribution in [0.4, 0.5) is 5.69 Å². The fourth-order valence-corrected chi connectivity index (χ4v) is 4.71. The Morgan fingerprint density at radius 1 is 1.00 bits per heavy atom. The number of cyclic esters (lactones) is 1. The average Bonchev–Trinajstić information content (AvgIpc) is 2.91. The number of rotatable bonds is 11. The number of carbonyl (C=O) groups excluding carboxylic acids is 1. The molecule has 4 rings (SSSR count). The lowest BCUT2D eigenvalue weighted by Crippen LogP contribution is -2.43. The third kappa shape index (κ3) is 6.06. The van der Waals surface area contributed by atoms with Gasteiger partial charge in [-0.25, -0.2) is 4.79 Å². The van der Waals surface area contributed by atoms with E-state index < -0.39 is 11.6 Å². The summed E-state index contributed by atoms with van der Waals surface area (Å²) >= 11 is 0. The van der Waals surface area contributed by atoms with Gasteiger partial charge in [0.25, 0.3) is 0 Å². The summed E-state index contributed by atoms with van der Waals surface area (Å²) in [5.74, 6) is -0.00360. The minimum Gasteiger partial charge on any atom is -0.510 e. The van der Waals surface area contributed by atoms with Gasteiger partial charge in [-0.2, -0.15) is 0 Å².